The number of rotatable bonds is 4. The second-order valence-corrected chi connectivity index (χ2v) is 8.37. The lowest BCUT2D eigenvalue weighted by Gasteiger charge is -2.27. The van der Waals surface area contributed by atoms with Gasteiger partial charge in [-0.25, -0.2) is 4.68 Å². The number of ether oxygens (including phenoxy) is 2. The zero-order valence-electron chi connectivity index (χ0n) is 17.7. The maximum Gasteiger partial charge on any atom is 0.230 e. The monoisotopic (exact) mass is 437 g/mol. The summed E-state index contributed by atoms with van der Waals surface area (Å²) >= 11 is 5.92. The highest BCUT2D eigenvalue weighted by atomic mass is 32.1. The average molecular weight is 438 g/mol. The minimum absolute atomic E-state index is 0.618. The maximum absolute atomic E-state index is 5.93. The molecule has 162 valence electrons. The Bertz CT molecular complexity index is 1100. The Labute approximate surface area is 187 Å². The van der Waals surface area contributed by atoms with Crippen molar-refractivity contribution < 1.29 is 9.47 Å². The van der Waals surface area contributed by atoms with E-state index in [2.05, 4.69) is 57.7 Å². The number of aryl methyl sites for hydroxylation is 1. The third-order valence-electron chi connectivity index (χ3n) is 5.77. The van der Waals surface area contributed by atoms with Crippen molar-refractivity contribution in [2.45, 2.75) is 20.1 Å². The first-order valence-corrected chi connectivity index (χ1v) is 11.1. The number of nitrogens with zero attached hydrogens (tertiary/aromatic N) is 5. The molecule has 3 aromatic rings. The Kier molecular flexibility index (Phi) is 5.76. The fourth-order valence-electron chi connectivity index (χ4n) is 4.07. The van der Waals surface area contributed by atoms with E-state index >= 15 is 0 Å². The van der Waals surface area contributed by atoms with E-state index in [-0.39, 0.29) is 0 Å². The molecule has 0 saturated carbocycles. The number of hydrogen-bond donors (Lipinski definition) is 0. The first kappa shape index (κ1) is 20.2. The molecule has 8 heteroatoms. The van der Waals surface area contributed by atoms with Crippen molar-refractivity contribution in [1.29, 1.82) is 0 Å². The van der Waals surface area contributed by atoms with Gasteiger partial charge in [0.25, 0.3) is 0 Å². The highest BCUT2D eigenvalue weighted by Gasteiger charge is 2.23. The molecule has 5 rings (SSSR count). The molecule has 31 heavy (non-hydrogen) atoms. The van der Waals surface area contributed by atoms with Crippen LogP contribution in [0, 0.1) is 11.7 Å². The smallest absolute Gasteiger partial charge is 0.230 e. The summed E-state index contributed by atoms with van der Waals surface area (Å²) in [5, 5.41) is 4.98. The summed E-state index contributed by atoms with van der Waals surface area (Å²) in [5.74, 6) is 1.84. The summed E-state index contributed by atoms with van der Waals surface area (Å²) < 4.78 is 16.2. The Morgan fingerprint density at radius 2 is 1.74 bits per heavy atom. The van der Waals surface area contributed by atoms with Gasteiger partial charge in [-0.3, -0.25) is 9.47 Å². The zero-order valence-corrected chi connectivity index (χ0v) is 18.6. The van der Waals surface area contributed by atoms with E-state index in [1.54, 1.807) is 0 Å². The van der Waals surface area contributed by atoms with Crippen molar-refractivity contribution in [1.82, 2.24) is 19.2 Å². The molecule has 0 radical (unpaired) electrons. The fourth-order valence-corrected chi connectivity index (χ4v) is 4.35. The molecule has 2 aliphatic rings. The number of aromatic nitrogens is 3. The summed E-state index contributed by atoms with van der Waals surface area (Å²) in [6.45, 7) is 8.01. The SMILES string of the molecule is Cc1ccc(-n2c(N3CCOCC3)nn(CN3CCOc4ccccc4C3)c2=S)cc1. The molecule has 3 heterocycles. The molecular weight excluding hydrogens is 410 g/mol. The molecule has 7 nitrogen and oxygen atoms in total. The number of anilines is 1. The molecule has 0 spiro atoms. The van der Waals surface area contributed by atoms with Gasteiger partial charge in [0.15, 0.2) is 0 Å². The molecule has 0 atom stereocenters. The fraction of sp³-hybridized carbons (Fsp3) is 0.391. The predicted octanol–water partition coefficient (Wildman–Crippen LogP) is 3.40. The second-order valence-electron chi connectivity index (χ2n) is 8.00. The van der Waals surface area contributed by atoms with E-state index < -0.39 is 0 Å². The number of benzene rings is 2. The van der Waals surface area contributed by atoms with Crippen LogP contribution in [-0.2, 0) is 18.0 Å². The van der Waals surface area contributed by atoms with Crippen LogP contribution in [0.5, 0.6) is 5.75 Å². The van der Waals surface area contributed by atoms with Crippen molar-refractivity contribution in [3.63, 3.8) is 0 Å². The van der Waals surface area contributed by atoms with Gasteiger partial charge in [0.1, 0.15) is 12.4 Å². The summed E-state index contributed by atoms with van der Waals surface area (Å²) in [4.78, 5) is 4.59. The largest absolute Gasteiger partial charge is 0.492 e. The first-order valence-electron chi connectivity index (χ1n) is 10.7. The Hall–Kier alpha value is -2.68. The molecule has 1 saturated heterocycles. The standard InChI is InChI=1S/C23H27N5O2S/c1-18-6-8-20(9-7-18)28-22(26-11-13-29-14-12-26)24-27(23(28)31)17-25-10-15-30-21-5-3-2-4-19(21)16-25/h2-9H,10-17H2,1H3. The molecule has 0 unspecified atom stereocenters. The molecule has 1 aromatic heterocycles. The molecule has 2 aliphatic heterocycles. The lowest BCUT2D eigenvalue weighted by atomic mass is 10.2. The van der Waals surface area contributed by atoms with Crippen LogP contribution in [0.1, 0.15) is 11.1 Å². The van der Waals surface area contributed by atoms with Gasteiger partial charge in [-0.15, -0.1) is 5.10 Å². The average Bonchev–Trinajstić information content (AvgIpc) is 2.98. The van der Waals surface area contributed by atoms with Gasteiger partial charge in [-0.2, -0.15) is 0 Å². The Morgan fingerprint density at radius 3 is 2.55 bits per heavy atom. The molecule has 1 fully saturated rings. The Balaban J connectivity index is 1.49. The van der Waals surface area contributed by atoms with Crippen LogP contribution in [0.2, 0.25) is 0 Å². The number of morpholine rings is 1. The quantitative estimate of drug-likeness (QED) is 0.583. The second kappa shape index (κ2) is 8.82. The van der Waals surface area contributed by atoms with Crippen molar-refractivity contribution in [2.75, 3.05) is 44.4 Å². The van der Waals surface area contributed by atoms with Crippen LogP contribution in [0.25, 0.3) is 5.69 Å². The van der Waals surface area contributed by atoms with E-state index in [1.165, 1.54) is 11.1 Å². The zero-order chi connectivity index (χ0) is 21.2. The number of fused-ring (bicyclic) bond motifs is 1. The highest BCUT2D eigenvalue weighted by Crippen LogP contribution is 2.24. The van der Waals surface area contributed by atoms with Gasteiger partial charge in [-0.1, -0.05) is 35.9 Å². The van der Waals surface area contributed by atoms with E-state index in [9.17, 15) is 0 Å². The van der Waals surface area contributed by atoms with E-state index in [4.69, 9.17) is 26.8 Å². The van der Waals surface area contributed by atoms with Crippen LogP contribution in [-0.4, -0.2) is 58.7 Å². The summed E-state index contributed by atoms with van der Waals surface area (Å²) in [6.07, 6.45) is 0. The highest BCUT2D eigenvalue weighted by molar-refractivity contribution is 7.71. The molecule has 2 aromatic carbocycles. The number of para-hydroxylation sites is 1. The number of hydrogen-bond acceptors (Lipinski definition) is 6. The Morgan fingerprint density at radius 1 is 0.968 bits per heavy atom. The van der Waals surface area contributed by atoms with Gasteiger partial charge in [0, 0.05) is 31.7 Å². The summed E-state index contributed by atoms with van der Waals surface area (Å²) in [7, 11) is 0. The minimum Gasteiger partial charge on any atom is -0.492 e. The summed E-state index contributed by atoms with van der Waals surface area (Å²) in [5.41, 5.74) is 3.45. The van der Waals surface area contributed by atoms with Crippen LogP contribution >= 0.6 is 12.2 Å². The van der Waals surface area contributed by atoms with Crippen LogP contribution in [0.4, 0.5) is 5.95 Å². The van der Waals surface area contributed by atoms with Crippen molar-refractivity contribution in [2.24, 2.45) is 0 Å². The van der Waals surface area contributed by atoms with Crippen molar-refractivity contribution >= 4 is 18.2 Å². The van der Waals surface area contributed by atoms with Crippen LogP contribution in [0.15, 0.2) is 48.5 Å². The molecule has 0 N–H and O–H groups in total. The predicted molar refractivity (Wildman–Crippen MR) is 123 cm³/mol. The third kappa shape index (κ3) is 4.23. The van der Waals surface area contributed by atoms with Gasteiger partial charge in [0.2, 0.25) is 10.7 Å². The van der Waals surface area contributed by atoms with Crippen LogP contribution < -0.4 is 9.64 Å². The molecule has 0 aliphatic carbocycles. The molecular formula is C23H27N5O2S. The van der Waals surface area contributed by atoms with Crippen molar-refractivity contribution in [3.8, 4) is 11.4 Å². The minimum atomic E-state index is 0.618. The van der Waals surface area contributed by atoms with Gasteiger partial charge < -0.3 is 14.4 Å². The van der Waals surface area contributed by atoms with E-state index in [0.717, 1.165) is 43.6 Å². The lowest BCUT2D eigenvalue weighted by Crippen LogP contribution is -2.38. The maximum atomic E-state index is 5.93. The summed E-state index contributed by atoms with van der Waals surface area (Å²) in [6, 6.07) is 16.7. The lowest BCUT2D eigenvalue weighted by molar-refractivity contribution is 0.121. The normalized spacial score (nSPS) is 17.1. The topological polar surface area (TPSA) is 47.7 Å². The first-order chi connectivity index (χ1) is 15.2. The van der Waals surface area contributed by atoms with Crippen molar-refractivity contribution in [3.05, 3.63) is 64.4 Å². The molecule has 0 amide bonds. The van der Waals surface area contributed by atoms with Gasteiger partial charge in [0.05, 0.1) is 25.6 Å². The van der Waals surface area contributed by atoms with E-state index in [0.29, 0.717) is 31.3 Å². The third-order valence-corrected chi connectivity index (χ3v) is 6.17. The molecule has 0 bridgehead atoms. The van der Waals surface area contributed by atoms with Gasteiger partial charge >= 0.3 is 0 Å². The van der Waals surface area contributed by atoms with Crippen LogP contribution in [0.3, 0.4) is 0 Å². The van der Waals surface area contributed by atoms with E-state index in [1.807, 2.05) is 16.8 Å². The van der Waals surface area contributed by atoms with Gasteiger partial charge in [-0.05, 0) is 37.3 Å².